The van der Waals surface area contributed by atoms with Crippen molar-refractivity contribution in [1.29, 1.82) is 0 Å². The molecule has 1 N–H and O–H groups in total. The molecular formula is C14H17F2NO. The molecule has 0 aliphatic rings. The standard InChI is InChI=1S/C14H17F2NO/c1-17(11-14(15)16)10-13-7-4-6-12(9-13)5-2-3-8-18/h4,6-7,9,14,18H,3,8,10-11H2,1H3. The maximum atomic E-state index is 12.2. The molecule has 0 atom stereocenters. The van der Waals surface area contributed by atoms with E-state index in [2.05, 4.69) is 11.8 Å². The molecular weight excluding hydrogens is 236 g/mol. The average Bonchev–Trinajstić information content (AvgIpc) is 2.28. The van der Waals surface area contributed by atoms with Gasteiger partial charge in [0.2, 0.25) is 0 Å². The van der Waals surface area contributed by atoms with Crippen LogP contribution in [0.25, 0.3) is 0 Å². The molecule has 1 aromatic rings. The van der Waals surface area contributed by atoms with E-state index >= 15 is 0 Å². The smallest absolute Gasteiger partial charge is 0.251 e. The summed E-state index contributed by atoms with van der Waals surface area (Å²) in [5.74, 6) is 5.75. The highest BCUT2D eigenvalue weighted by Crippen LogP contribution is 2.08. The van der Waals surface area contributed by atoms with Gasteiger partial charge in [0.05, 0.1) is 13.2 Å². The normalized spacial score (nSPS) is 10.6. The zero-order chi connectivity index (χ0) is 13.4. The third kappa shape index (κ3) is 5.76. The maximum absolute atomic E-state index is 12.2. The van der Waals surface area contributed by atoms with Gasteiger partial charge in [-0.2, -0.15) is 0 Å². The van der Waals surface area contributed by atoms with Crippen LogP contribution in [0.1, 0.15) is 17.5 Å². The number of aliphatic hydroxyl groups is 1. The lowest BCUT2D eigenvalue weighted by Crippen LogP contribution is -2.24. The summed E-state index contributed by atoms with van der Waals surface area (Å²) < 4.78 is 24.4. The molecule has 2 nitrogen and oxygen atoms in total. The van der Waals surface area contributed by atoms with E-state index in [9.17, 15) is 8.78 Å². The molecule has 0 amide bonds. The Labute approximate surface area is 106 Å². The van der Waals surface area contributed by atoms with Crippen LogP contribution in [0, 0.1) is 11.8 Å². The molecule has 0 aliphatic heterocycles. The minimum absolute atomic E-state index is 0.0455. The lowest BCUT2D eigenvalue weighted by molar-refractivity contribution is 0.0975. The van der Waals surface area contributed by atoms with Crippen molar-refractivity contribution in [2.45, 2.75) is 19.4 Å². The Kier molecular flexibility index (Phi) is 6.34. The highest BCUT2D eigenvalue weighted by molar-refractivity contribution is 5.37. The van der Waals surface area contributed by atoms with E-state index < -0.39 is 6.43 Å². The van der Waals surface area contributed by atoms with E-state index in [4.69, 9.17) is 5.11 Å². The average molecular weight is 253 g/mol. The minimum atomic E-state index is -2.32. The lowest BCUT2D eigenvalue weighted by atomic mass is 10.1. The van der Waals surface area contributed by atoms with Crippen molar-refractivity contribution in [3.63, 3.8) is 0 Å². The first-order chi connectivity index (χ1) is 8.61. The summed E-state index contributed by atoms with van der Waals surface area (Å²) in [6.45, 7) is 0.282. The van der Waals surface area contributed by atoms with Gasteiger partial charge in [-0.3, -0.25) is 4.90 Å². The van der Waals surface area contributed by atoms with Crippen molar-refractivity contribution in [2.24, 2.45) is 0 Å². The molecule has 0 unspecified atom stereocenters. The predicted octanol–water partition coefficient (Wildman–Crippen LogP) is 2.12. The molecule has 0 fully saturated rings. The number of hydrogen-bond acceptors (Lipinski definition) is 2. The van der Waals surface area contributed by atoms with Gasteiger partial charge in [-0.15, -0.1) is 0 Å². The summed E-state index contributed by atoms with van der Waals surface area (Å²) in [5.41, 5.74) is 1.79. The lowest BCUT2D eigenvalue weighted by Gasteiger charge is -2.15. The Morgan fingerprint density at radius 3 is 2.83 bits per heavy atom. The van der Waals surface area contributed by atoms with E-state index in [-0.39, 0.29) is 13.2 Å². The highest BCUT2D eigenvalue weighted by atomic mass is 19.3. The number of nitrogens with zero attached hydrogens (tertiary/aromatic N) is 1. The van der Waals surface area contributed by atoms with Crippen molar-refractivity contribution in [3.05, 3.63) is 35.4 Å². The summed E-state index contributed by atoms with van der Waals surface area (Å²) in [5, 5.41) is 8.62. The first-order valence-corrected chi connectivity index (χ1v) is 5.77. The molecule has 0 aromatic heterocycles. The van der Waals surface area contributed by atoms with Crippen LogP contribution in [-0.4, -0.2) is 36.6 Å². The molecule has 0 aliphatic carbocycles. The van der Waals surface area contributed by atoms with Gasteiger partial charge in [0, 0.05) is 18.5 Å². The fourth-order valence-electron chi connectivity index (χ4n) is 1.58. The molecule has 0 spiro atoms. The predicted molar refractivity (Wildman–Crippen MR) is 67.4 cm³/mol. The van der Waals surface area contributed by atoms with Crippen molar-refractivity contribution in [3.8, 4) is 11.8 Å². The fourth-order valence-corrected chi connectivity index (χ4v) is 1.58. The monoisotopic (exact) mass is 253 g/mol. The first kappa shape index (κ1) is 14.6. The Morgan fingerprint density at radius 1 is 1.39 bits per heavy atom. The quantitative estimate of drug-likeness (QED) is 0.812. The van der Waals surface area contributed by atoms with Crippen molar-refractivity contribution in [1.82, 2.24) is 4.90 Å². The van der Waals surface area contributed by atoms with E-state index in [0.29, 0.717) is 13.0 Å². The molecule has 0 heterocycles. The second kappa shape index (κ2) is 7.80. The third-order valence-corrected chi connectivity index (χ3v) is 2.30. The third-order valence-electron chi connectivity index (χ3n) is 2.30. The molecule has 0 bridgehead atoms. The number of rotatable bonds is 5. The minimum Gasteiger partial charge on any atom is -0.395 e. The van der Waals surface area contributed by atoms with E-state index in [1.54, 1.807) is 11.9 Å². The van der Waals surface area contributed by atoms with Gasteiger partial charge >= 0.3 is 0 Å². The Bertz CT molecular complexity index is 423. The summed E-state index contributed by atoms with van der Waals surface area (Å²) in [4.78, 5) is 1.57. The van der Waals surface area contributed by atoms with Gasteiger partial charge in [-0.1, -0.05) is 24.0 Å². The van der Waals surface area contributed by atoms with Crippen molar-refractivity contribution >= 4 is 0 Å². The Hall–Kier alpha value is -1.44. The van der Waals surface area contributed by atoms with Crippen LogP contribution in [0.15, 0.2) is 24.3 Å². The SMILES string of the molecule is CN(Cc1cccc(C#CCCO)c1)CC(F)F. The van der Waals surface area contributed by atoms with Gasteiger partial charge in [-0.25, -0.2) is 8.78 Å². The molecule has 1 aromatic carbocycles. The first-order valence-electron chi connectivity index (χ1n) is 5.77. The summed E-state index contributed by atoms with van der Waals surface area (Å²) in [6, 6.07) is 7.49. The molecule has 1 rings (SSSR count). The van der Waals surface area contributed by atoms with Gasteiger partial charge in [0.25, 0.3) is 6.43 Å². The summed E-state index contributed by atoms with van der Waals surface area (Å²) in [6.07, 6.45) is -1.88. The van der Waals surface area contributed by atoms with Gasteiger partial charge in [0.1, 0.15) is 0 Å². The van der Waals surface area contributed by atoms with Crippen LogP contribution in [0.3, 0.4) is 0 Å². The molecule has 0 radical (unpaired) electrons. The van der Waals surface area contributed by atoms with E-state index in [0.717, 1.165) is 11.1 Å². The highest BCUT2D eigenvalue weighted by Gasteiger charge is 2.07. The maximum Gasteiger partial charge on any atom is 0.251 e. The molecule has 0 saturated heterocycles. The van der Waals surface area contributed by atoms with Crippen molar-refractivity contribution in [2.75, 3.05) is 20.2 Å². The summed E-state index contributed by atoms with van der Waals surface area (Å²) >= 11 is 0. The van der Waals surface area contributed by atoms with E-state index in [1.165, 1.54) is 0 Å². The van der Waals surface area contributed by atoms with E-state index in [1.807, 2.05) is 24.3 Å². The molecule has 4 heteroatoms. The zero-order valence-electron chi connectivity index (χ0n) is 10.4. The second-order valence-electron chi connectivity index (χ2n) is 4.06. The van der Waals surface area contributed by atoms with Gasteiger partial charge < -0.3 is 5.11 Å². The van der Waals surface area contributed by atoms with Crippen LogP contribution in [0.2, 0.25) is 0 Å². The molecule has 98 valence electrons. The zero-order valence-corrected chi connectivity index (χ0v) is 10.4. The Morgan fingerprint density at radius 2 is 2.17 bits per heavy atom. The van der Waals surface area contributed by atoms with Crippen molar-refractivity contribution < 1.29 is 13.9 Å². The number of hydrogen-bond donors (Lipinski definition) is 1. The van der Waals surface area contributed by atoms with Crippen LogP contribution in [0.4, 0.5) is 8.78 Å². The van der Waals surface area contributed by atoms with Crippen LogP contribution >= 0.6 is 0 Å². The van der Waals surface area contributed by atoms with Crippen LogP contribution < -0.4 is 0 Å². The number of halogens is 2. The molecule has 18 heavy (non-hydrogen) atoms. The number of alkyl halides is 2. The Balaban J connectivity index is 2.62. The number of benzene rings is 1. The van der Waals surface area contributed by atoms with Crippen LogP contribution in [-0.2, 0) is 6.54 Å². The van der Waals surface area contributed by atoms with Gasteiger partial charge in [0.15, 0.2) is 0 Å². The number of aliphatic hydroxyl groups excluding tert-OH is 1. The van der Waals surface area contributed by atoms with Gasteiger partial charge in [-0.05, 0) is 24.7 Å². The van der Waals surface area contributed by atoms with Crippen LogP contribution in [0.5, 0.6) is 0 Å². The topological polar surface area (TPSA) is 23.5 Å². The molecule has 0 saturated carbocycles. The fraction of sp³-hybridized carbons (Fsp3) is 0.429. The largest absolute Gasteiger partial charge is 0.395 e. The summed E-state index contributed by atoms with van der Waals surface area (Å²) in [7, 11) is 1.66. The second-order valence-corrected chi connectivity index (χ2v) is 4.06.